The monoisotopic (exact) mass is 420 g/mol. The van der Waals surface area contributed by atoms with Crippen LogP contribution in [0, 0.1) is 23.7 Å². The van der Waals surface area contributed by atoms with Crippen molar-refractivity contribution in [3.8, 4) is 11.5 Å². The van der Waals surface area contributed by atoms with E-state index in [1.54, 1.807) is 0 Å². The zero-order valence-electron chi connectivity index (χ0n) is 18.2. The van der Waals surface area contributed by atoms with Crippen LogP contribution in [0.5, 0.6) is 11.5 Å². The highest BCUT2D eigenvalue weighted by Crippen LogP contribution is 2.68. The summed E-state index contributed by atoms with van der Waals surface area (Å²) in [5.74, 6) is 3.21. The lowest BCUT2D eigenvalue weighted by Gasteiger charge is -2.62. The molecule has 4 aliphatic carbocycles. The first-order chi connectivity index (χ1) is 15.7. The Kier molecular flexibility index (Phi) is 3.78. The van der Waals surface area contributed by atoms with Gasteiger partial charge in [-0.3, -0.25) is 0 Å². The summed E-state index contributed by atoms with van der Waals surface area (Å²) in [5.41, 5.74) is 1.73. The molecule has 0 unspecified atom stereocenters. The number of benzene rings is 4. The van der Waals surface area contributed by atoms with E-state index in [2.05, 4.69) is 48.5 Å². The minimum Gasteiger partial charge on any atom is -0.508 e. The molecule has 0 aliphatic heterocycles. The highest BCUT2D eigenvalue weighted by Gasteiger charge is 2.60. The number of fused-ring (bicyclic) bond motifs is 2. The van der Waals surface area contributed by atoms with E-state index in [1.165, 1.54) is 32.1 Å². The fourth-order valence-electron chi connectivity index (χ4n) is 8.26. The van der Waals surface area contributed by atoms with Gasteiger partial charge in [-0.25, -0.2) is 0 Å². The molecule has 4 bridgehead atoms. The number of hydrogen-bond acceptors (Lipinski definition) is 2. The molecule has 32 heavy (non-hydrogen) atoms. The number of aromatic hydroxyl groups is 2. The second-order valence-electron chi connectivity index (χ2n) is 10.5. The van der Waals surface area contributed by atoms with Crippen LogP contribution in [0.25, 0.3) is 21.5 Å². The molecule has 0 saturated heterocycles. The Balaban J connectivity index is 1.66. The van der Waals surface area contributed by atoms with E-state index in [9.17, 15) is 10.2 Å². The minimum absolute atomic E-state index is 0.372. The Labute approximate surface area is 188 Å². The summed E-state index contributed by atoms with van der Waals surface area (Å²) < 4.78 is 0. The fourth-order valence-corrected chi connectivity index (χ4v) is 8.26. The molecule has 0 heterocycles. The summed E-state index contributed by atoms with van der Waals surface area (Å²) in [6.45, 7) is 0. The van der Waals surface area contributed by atoms with Crippen LogP contribution in [0.15, 0.2) is 72.8 Å². The van der Waals surface area contributed by atoms with Crippen molar-refractivity contribution >= 4 is 21.5 Å². The standard InChI is InChI=1S/C30H28O2/c31-26-11-9-20-5-1-3-7-24(20)28(26)30(22-14-18-13-19(16-22)17-23(30)15-18)29-25-8-4-2-6-21(25)10-12-27(29)32/h1-12,18-19,22-23,31-32H,13-17H2. The molecule has 4 saturated carbocycles. The van der Waals surface area contributed by atoms with Crippen molar-refractivity contribution in [3.63, 3.8) is 0 Å². The van der Waals surface area contributed by atoms with E-state index >= 15 is 0 Å². The third kappa shape index (κ3) is 2.30. The van der Waals surface area contributed by atoms with Gasteiger partial charge in [0, 0.05) is 16.5 Å². The minimum atomic E-state index is -0.372. The molecule has 0 amide bonds. The van der Waals surface area contributed by atoms with Crippen LogP contribution in [0.4, 0.5) is 0 Å². The van der Waals surface area contributed by atoms with E-state index < -0.39 is 0 Å². The van der Waals surface area contributed by atoms with Gasteiger partial charge in [-0.1, -0.05) is 60.7 Å². The number of rotatable bonds is 2. The zero-order valence-corrected chi connectivity index (χ0v) is 18.2. The molecule has 2 heteroatoms. The normalized spacial score (nSPS) is 27.9. The van der Waals surface area contributed by atoms with Gasteiger partial charge < -0.3 is 10.2 Å². The van der Waals surface area contributed by atoms with E-state index in [0.29, 0.717) is 23.3 Å². The Bertz CT molecular complexity index is 1250. The maximum atomic E-state index is 11.5. The molecule has 0 radical (unpaired) electrons. The Morgan fingerprint density at radius 1 is 0.531 bits per heavy atom. The van der Waals surface area contributed by atoms with Gasteiger partial charge in [0.25, 0.3) is 0 Å². The van der Waals surface area contributed by atoms with Gasteiger partial charge in [0.2, 0.25) is 0 Å². The summed E-state index contributed by atoms with van der Waals surface area (Å²) >= 11 is 0. The van der Waals surface area contributed by atoms with E-state index in [1.807, 2.05) is 24.3 Å². The molecule has 2 nitrogen and oxygen atoms in total. The van der Waals surface area contributed by atoms with Crippen molar-refractivity contribution in [3.05, 3.63) is 83.9 Å². The SMILES string of the molecule is Oc1ccc2ccccc2c1C1(c2c(O)ccc3ccccc23)C2CC3CC(C2)CC1C3. The van der Waals surface area contributed by atoms with Crippen LogP contribution in [0.3, 0.4) is 0 Å². The van der Waals surface area contributed by atoms with Crippen molar-refractivity contribution in [2.45, 2.75) is 37.5 Å². The Morgan fingerprint density at radius 2 is 0.969 bits per heavy atom. The predicted octanol–water partition coefficient (Wildman–Crippen LogP) is 7.15. The summed E-state index contributed by atoms with van der Waals surface area (Å²) in [6.07, 6.45) is 6.14. The van der Waals surface area contributed by atoms with Crippen molar-refractivity contribution < 1.29 is 10.2 Å². The van der Waals surface area contributed by atoms with Crippen molar-refractivity contribution in [2.24, 2.45) is 23.7 Å². The first-order valence-corrected chi connectivity index (χ1v) is 12.1. The second kappa shape index (κ2) is 6.51. The first-order valence-electron chi connectivity index (χ1n) is 12.1. The summed E-state index contributed by atoms with van der Waals surface area (Å²) in [5, 5.41) is 27.6. The van der Waals surface area contributed by atoms with Crippen LogP contribution in [-0.2, 0) is 5.41 Å². The van der Waals surface area contributed by atoms with Crippen LogP contribution in [0.2, 0.25) is 0 Å². The quantitative estimate of drug-likeness (QED) is 0.362. The lowest BCUT2D eigenvalue weighted by Crippen LogP contribution is -2.56. The largest absolute Gasteiger partial charge is 0.508 e. The Hall–Kier alpha value is -3.00. The van der Waals surface area contributed by atoms with E-state index in [0.717, 1.165) is 44.5 Å². The smallest absolute Gasteiger partial charge is 0.120 e. The molecule has 160 valence electrons. The summed E-state index contributed by atoms with van der Waals surface area (Å²) in [7, 11) is 0. The van der Waals surface area contributed by atoms with Gasteiger partial charge in [-0.05, 0) is 89.5 Å². The van der Waals surface area contributed by atoms with Gasteiger partial charge in [0.05, 0.1) is 0 Å². The van der Waals surface area contributed by atoms with E-state index in [4.69, 9.17) is 0 Å². The molecule has 4 aromatic rings. The average molecular weight is 421 g/mol. The fraction of sp³-hybridized carbons (Fsp3) is 0.333. The summed E-state index contributed by atoms with van der Waals surface area (Å²) in [4.78, 5) is 0. The molecular weight excluding hydrogens is 392 g/mol. The molecule has 2 N–H and O–H groups in total. The highest BCUT2D eigenvalue weighted by molar-refractivity contribution is 5.94. The van der Waals surface area contributed by atoms with E-state index in [-0.39, 0.29) is 5.41 Å². The van der Waals surface area contributed by atoms with Gasteiger partial charge in [-0.15, -0.1) is 0 Å². The lowest BCUT2D eigenvalue weighted by atomic mass is 9.41. The maximum absolute atomic E-state index is 11.5. The molecule has 0 spiro atoms. The van der Waals surface area contributed by atoms with Crippen LogP contribution in [0.1, 0.15) is 43.2 Å². The van der Waals surface area contributed by atoms with Crippen LogP contribution >= 0.6 is 0 Å². The summed E-state index contributed by atoms with van der Waals surface area (Å²) in [6, 6.07) is 24.7. The molecule has 4 fully saturated rings. The third-order valence-corrected chi connectivity index (χ3v) is 9.07. The molecule has 8 rings (SSSR count). The molecule has 4 aliphatic rings. The maximum Gasteiger partial charge on any atom is 0.120 e. The van der Waals surface area contributed by atoms with Crippen molar-refractivity contribution in [1.29, 1.82) is 0 Å². The molecular formula is C30H28O2. The first kappa shape index (κ1) is 18.6. The molecule has 0 atom stereocenters. The molecule has 0 aromatic heterocycles. The second-order valence-corrected chi connectivity index (χ2v) is 10.5. The van der Waals surface area contributed by atoms with Crippen LogP contribution < -0.4 is 0 Å². The van der Waals surface area contributed by atoms with Gasteiger partial charge in [0.1, 0.15) is 11.5 Å². The predicted molar refractivity (Wildman–Crippen MR) is 129 cm³/mol. The average Bonchev–Trinajstić information content (AvgIpc) is 2.80. The van der Waals surface area contributed by atoms with Crippen LogP contribution in [-0.4, -0.2) is 10.2 Å². The third-order valence-electron chi connectivity index (χ3n) is 9.07. The number of phenolic OH excluding ortho intramolecular Hbond substituents is 2. The van der Waals surface area contributed by atoms with Gasteiger partial charge >= 0.3 is 0 Å². The molecule has 4 aromatic carbocycles. The van der Waals surface area contributed by atoms with Crippen molar-refractivity contribution in [2.75, 3.05) is 0 Å². The Morgan fingerprint density at radius 3 is 1.44 bits per heavy atom. The topological polar surface area (TPSA) is 40.5 Å². The van der Waals surface area contributed by atoms with Gasteiger partial charge in [0.15, 0.2) is 0 Å². The number of hydrogen-bond donors (Lipinski definition) is 2. The highest BCUT2D eigenvalue weighted by atomic mass is 16.3. The van der Waals surface area contributed by atoms with Gasteiger partial charge in [-0.2, -0.15) is 0 Å². The number of phenols is 2. The van der Waals surface area contributed by atoms with Crippen molar-refractivity contribution in [1.82, 2.24) is 0 Å². The lowest BCUT2D eigenvalue weighted by molar-refractivity contribution is -0.0421. The zero-order chi connectivity index (χ0) is 21.4.